The van der Waals surface area contributed by atoms with Crippen molar-refractivity contribution in [1.82, 2.24) is 0 Å². The number of hydrogen-bond acceptors (Lipinski definition) is 2. The summed E-state index contributed by atoms with van der Waals surface area (Å²) in [7, 11) is 0. The summed E-state index contributed by atoms with van der Waals surface area (Å²) in [5.41, 5.74) is 1.22. The van der Waals surface area contributed by atoms with E-state index in [4.69, 9.17) is 0 Å². The van der Waals surface area contributed by atoms with Gasteiger partial charge in [0.25, 0.3) is 0 Å². The summed E-state index contributed by atoms with van der Waals surface area (Å²) >= 11 is 0. The fraction of sp³-hybridized carbons (Fsp3) is 0.222. The lowest BCUT2D eigenvalue weighted by Crippen LogP contribution is -2.31. The maximum Gasteiger partial charge on any atom is 0.416 e. The molecule has 3 nitrogen and oxygen atoms in total. The summed E-state index contributed by atoms with van der Waals surface area (Å²) in [6.07, 6.45) is -4.45. The van der Waals surface area contributed by atoms with Gasteiger partial charge in [-0.05, 0) is 18.2 Å². The van der Waals surface area contributed by atoms with Crippen molar-refractivity contribution < 1.29 is 18.0 Å². The molecular weight excluding hydrogens is 317 g/mol. The SMILES string of the molecule is CC(=O)N1CCN=C(c2ccccc2)c2cc(C(F)(F)F)ccc21. The van der Waals surface area contributed by atoms with Gasteiger partial charge in [-0.1, -0.05) is 30.3 Å². The van der Waals surface area contributed by atoms with E-state index in [1.165, 1.54) is 17.9 Å². The molecule has 0 bridgehead atoms. The highest BCUT2D eigenvalue weighted by molar-refractivity contribution is 6.17. The van der Waals surface area contributed by atoms with Gasteiger partial charge in [0.05, 0.1) is 23.5 Å². The maximum atomic E-state index is 13.1. The van der Waals surface area contributed by atoms with Crippen LogP contribution in [-0.2, 0) is 11.0 Å². The number of hydrogen-bond donors (Lipinski definition) is 0. The summed E-state index contributed by atoms with van der Waals surface area (Å²) < 4.78 is 39.4. The molecule has 1 aliphatic heterocycles. The first-order valence-corrected chi connectivity index (χ1v) is 7.47. The molecule has 0 saturated heterocycles. The van der Waals surface area contributed by atoms with Gasteiger partial charge < -0.3 is 4.90 Å². The summed E-state index contributed by atoms with van der Waals surface area (Å²) in [6.45, 7) is 2.07. The molecule has 0 aromatic heterocycles. The van der Waals surface area contributed by atoms with Crippen LogP contribution >= 0.6 is 0 Å². The first-order valence-electron chi connectivity index (χ1n) is 7.47. The average molecular weight is 332 g/mol. The van der Waals surface area contributed by atoms with Gasteiger partial charge in [0.15, 0.2) is 0 Å². The number of carbonyl (C=O) groups is 1. The lowest BCUT2D eigenvalue weighted by molar-refractivity contribution is -0.137. The average Bonchev–Trinajstić information content (AvgIpc) is 2.73. The van der Waals surface area contributed by atoms with Crippen LogP contribution in [0.5, 0.6) is 0 Å². The van der Waals surface area contributed by atoms with Crippen molar-refractivity contribution in [1.29, 1.82) is 0 Å². The van der Waals surface area contributed by atoms with Crippen LogP contribution in [0, 0.1) is 0 Å². The van der Waals surface area contributed by atoms with Gasteiger partial charge >= 0.3 is 6.18 Å². The van der Waals surface area contributed by atoms with Crippen molar-refractivity contribution in [3.05, 3.63) is 65.2 Å². The van der Waals surface area contributed by atoms with E-state index in [9.17, 15) is 18.0 Å². The number of benzene rings is 2. The number of fused-ring (bicyclic) bond motifs is 1. The van der Waals surface area contributed by atoms with Crippen LogP contribution in [0.1, 0.15) is 23.6 Å². The quantitative estimate of drug-likeness (QED) is 0.779. The Balaban J connectivity index is 2.22. The molecule has 24 heavy (non-hydrogen) atoms. The molecule has 6 heteroatoms. The highest BCUT2D eigenvalue weighted by Crippen LogP contribution is 2.35. The third-order valence-electron chi connectivity index (χ3n) is 3.89. The van der Waals surface area contributed by atoms with Crippen LogP contribution in [0.3, 0.4) is 0 Å². The van der Waals surface area contributed by atoms with E-state index in [0.717, 1.165) is 17.7 Å². The van der Waals surface area contributed by atoms with Crippen molar-refractivity contribution in [3.8, 4) is 0 Å². The number of benzodiazepines with no additional fused rings is 1. The third kappa shape index (κ3) is 3.04. The zero-order valence-corrected chi connectivity index (χ0v) is 13.0. The van der Waals surface area contributed by atoms with Crippen molar-refractivity contribution >= 4 is 17.3 Å². The molecule has 2 aromatic carbocycles. The Morgan fingerprint density at radius 3 is 2.46 bits per heavy atom. The molecule has 0 aliphatic carbocycles. The normalized spacial score (nSPS) is 14.7. The molecule has 1 amide bonds. The highest BCUT2D eigenvalue weighted by atomic mass is 19.4. The maximum absolute atomic E-state index is 13.1. The Morgan fingerprint density at radius 1 is 1.12 bits per heavy atom. The lowest BCUT2D eigenvalue weighted by Gasteiger charge is -2.22. The summed E-state index contributed by atoms with van der Waals surface area (Å²) in [5.74, 6) is -0.222. The molecule has 0 radical (unpaired) electrons. The standard InChI is InChI=1S/C18H15F3N2O/c1-12(24)23-10-9-22-17(13-5-3-2-4-6-13)15-11-14(18(19,20)21)7-8-16(15)23/h2-8,11H,9-10H2,1H3. The molecule has 0 saturated carbocycles. The first kappa shape index (κ1) is 16.2. The van der Waals surface area contributed by atoms with Crippen LogP contribution in [0.2, 0.25) is 0 Å². The van der Waals surface area contributed by atoms with Gasteiger partial charge in [0.2, 0.25) is 5.91 Å². The Labute approximate surface area is 137 Å². The van der Waals surface area contributed by atoms with E-state index in [1.807, 2.05) is 6.07 Å². The molecule has 0 fully saturated rings. The molecule has 0 atom stereocenters. The van der Waals surface area contributed by atoms with E-state index < -0.39 is 11.7 Å². The van der Waals surface area contributed by atoms with Gasteiger partial charge in [-0.25, -0.2) is 0 Å². The fourth-order valence-electron chi connectivity index (χ4n) is 2.77. The Bertz CT molecular complexity index is 798. The number of alkyl halides is 3. The highest BCUT2D eigenvalue weighted by Gasteiger charge is 2.33. The second-order valence-corrected chi connectivity index (χ2v) is 5.50. The van der Waals surface area contributed by atoms with E-state index in [2.05, 4.69) is 4.99 Å². The molecule has 0 spiro atoms. The number of halogens is 3. The predicted molar refractivity (Wildman–Crippen MR) is 86.4 cm³/mol. The van der Waals surface area contributed by atoms with Crippen LogP contribution in [0.25, 0.3) is 0 Å². The summed E-state index contributed by atoms with van der Waals surface area (Å²) in [6, 6.07) is 12.5. The number of aliphatic imine (C=N–C) groups is 1. The molecule has 1 aliphatic rings. The second-order valence-electron chi connectivity index (χ2n) is 5.50. The van der Waals surface area contributed by atoms with Crippen LogP contribution in [0.4, 0.5) is 18.9 Å². The van der Waals surface area contributed by atoms with Crippen molar-refractivity contribution in [2.45, 2.75) is 13.1 Å². The smallest absolute Gasteiger partial charge is 0.310 e. The van der Waals surface area contributed by atoms with E-state index >= 15 is 0 Å². The largest absolute Gasteiger partial charge is 0.416 e. The zero-order valence-electron chi connectivity index (χ0n) is 13.0. The molecule has 3 rings (SSSR count). The van der Waals surface area contributed by atoms with Gasteiger partial charge in [-0.3, -0.25) is 9.79 Å². The van der Waals surface area contributed by atoms with Crippen LogP contribution in [0.15, 0.2) is 53.5 Å². The molecular formula is C18H15F3N2O. The van der Waals surface area contributed by atoms with Gasteiger partial charge in [-0.15, -0.1) is 0 Å². The lowest BCUT2D eigenvalue weighted by atomic mass is 9.98. The van der Waals surface area contributed by atoms with Gasteiger partial charge in [-0.2, -0.15) is 13.2 Å². The molecule has 0 unspecified atom stereocenters. The number of anilines is 1. The van der Waals surface area contributed by atoms with Gasteiger partial charge in [0.1, 0.15) is 0 Å². The molecule has 124 valence electrons. The Morgan fingerprint density at radius 2 is 1.83 bits per heavy atom. The van der Waals surface area contributed by atoms with Crippen LogP contribution in [-0.4, -0.2) is 24.7 Å². The van der Waals surface area contributed by atoms with Crippen LogP contribution < -0.4 is 4.90 Å². The Hall–Kier alpha value is -2.63. The topological polar surface area (TPSA) is 32.7 Å². The number of carbonyl (C=O) groups excluding carboxylic acids is 1. The number of amides is 1. The minimum Gasteiger partial charge on any atom is -0.310 e. The molecule has 2 aromatic rings. The van der Waals surface area contributed by atoms with Crippen molar-refractivity contribution in [2.75, 3.05) is 18.0 Å². The van der Waals surface area contributed by atoms with E-state index in [0.29, 0.717) is 30.1 Å². The summed E-state index contributed by atoms with van der Waals surface area (Å²) in [4.78, 5) is 17.8. The monoisotopic (exact) mass is 332 g/mol. The number of rotatable bonds is 1. The van der Waals surface area contributed by atoms with E-state index in [1.54, 1.807) is 24.3 Å². The minimum atomic E-state index is -4.45. The zero-order chi connectivity index (χ0) is 17.3. The third-order valence-corrected chi connectivity index (χ3v) is 3.89. The van der Waals surface area contributed by atoms with Gasteiger partial charge in [0, 0.05) is 24.6 Å². The fourth-order valence-corrected chi connectivity index (χ4v) is 2.77. The summed E-state index contributed by atoms with van der Waals surface area (Å²) in [5, 5.41) is 0. The second kappa shape index (κ2) is 6.11. The minimum absolute atomic E-state index is 0.222. The number of nitrogens with zero attached hydrogens (tertiary/aromatic N) is 2. The first-order chi connectivity index (χ1) is 11.4. The van der Waals surface area contributed by atoms with E-state index in [-0.39, 0.29) is 5.91 Å². The van der Waals surface area contributed by atoms with Crippen molar-refractivity contribution in [2.24, 2.45) is 4.99 Å². The van der Waals surface area contributed by atoms with Crippen molar-refractivity contribution in [3.63, 3.8) is 0 Å². The molecule has 0 N–H and O–H groups in total. The Kier molecular flexibility index (Phi) is 4.13. The molecule has 1 heterocycles. The predicted octanol–water partition coefficient (Wildman–Crippen LogP) is 3.91.